The lowest BCUT2D eigenvalue weighted by atomic mass is 10.2. The molecule has 1 atom stereocenters. The zero-order valence-electron chi connectivity index (χ0n) is 11.7. The van der Waals surface area contributed by atoms with Crippen molar-refractivity contribution >= 4 is 23.4 Å². The number of hydrogen-bond acceptors (Lipinski definition) is 3. The summed E-state index contributed by atoms with van der Waals surface area (Å²) < 4.78 is 5.94. The summed E-state index contributed by atoms with van der Waals surface area (Å²) in [7, 11) is 1.66. The first-order chi connectivity index (χ1) is 10.3. The van der Waals surface area contributed by atoms with Gasteiger partial charge in [-0.1, -0.05) is 41.9 Å². The second kappa shape index (κ2) is 6.26. The maximum absolute atomic E-state index is 6.08. The lowest BCUT2D eigenvalue weighted by Crippen LogP contribution is -3.06. The van der Waals surface area contributed by atoms with Crippen molar-refractivity contribution in [1.29, 1.82) is 0 Å². The van der Waals surface area contributed by atoms with E-state index in [4.69, 9.17) is 21.2 Å². The number of aromatic nitrogens is 1. The first-order valence-electron chi connectivity index (χ1n) is 6.72. The van der Waals surface area contributed by atoms with E-state index in [1.54, 1.807) is 13.2 Å². The van der Waals surface area contributed by atoms with Crippen LogP contribution in [0.1, 0.15) is 11.3 Å². The molecular formula is C16H16ClN2O2+. The van der Waals surface area contributed by atoms with Crippen molar-refractivity contribution in [3.63, 3.8) is 0 Å². The number of ether oxygens (including phenoxy) is 1. The minimum atomic E-state index is 0.416. The molecule has 0 amide bonds. The maximum Gasteiger partial charge on any atom is 0.232 e. The normalized spacial score (nSPS) is 16.6. The van der Waals surface area contributed by atoms with Crippen molar-refractivity contribution in [2.75, 3.05) is 13.7 Å². The first kappa shape index (κ1) is 14.1. The monoisotopic (exact) mass is 303 g/mol. The van der Waals surface area contributed by atoms with Crippen LogP contribution < -0.4 is 9.80 Å². The highest BCUT2D eigenvalue weighted by molar-refractivity contribution is 6.29. The summed E-state index contributed by atoms with van der Waals surface area (Å²) in [6.07, 6.45) is 3.95. The Morgan fingerprint density at radius 3 is 2.86 bits per heavy atom. The van der Waals surface area contributed by atoms with Gasteiger partial charge in [0.25, 0.3) is 0 Å². The van der Waals surface area contributed by atoms with E-state index in [0.717, 1.165) is 28.6 Å². The standard InChI is InChI=1S/C16H15ClN2O2/c1-20-19-9-5-8-13-16(19)14(10-15(17)18-13)21-11-12-6-3-2-4-7-12/h2-8,10H,9,11H2,1H3/p+1. The highest BCUT2D eigenvalue weighted by Crippen LogP contribution is 2.30. The van der Waals surface area contributed by atoms with Crippen LogP contribution in [0.3, 0.4) is 0 Å². The van der Waals surface area contributed by atoms with Gasteiger partial charge >= 0.3 is 0 Å². The first-order valence-corrected chi connectivity index (χ1v) is 7.09. The molecule has 0 saturated heterocycles. The van der Waals surface area contributed by atoms with Crippen LogP contribution in [-0.4, -0.2) is 18.6 Å². The summed E-state index contributed by atoms with van der Waals surface area (Å²) in [5.41, 5.74) is 2.78. The molecule has 1 aliphatic rings. The number of rotatable bonds is 4. The third-order valence-electron chi connectivity index (χ3n) is 3.32. The Kier molecular flexibility index (Phi) is 4.20. The van der Waals surface area contributed by atoms with Gasteiger partial charge in [0, 0.05) is 6.07 Å². The van der Waals surface area contributed by atoms with Gasteiger partial charge < -0.3 is 4.74 Å². The zero-order chi connectivity index (χ0) is 14.7. The number of hydrogen-bond donors (Lipinski definition) is 1. The summed E-state index contributed by atoms with van der Waals surface area (Å²) in [6, 6.07) is 11.7. The van der Waals surface area contributed by atoms with E-state index < -0.39 is 0 Å². The van der Waals surface area contributed by atoms with Crippen molar-refractivity contribution in [3.8, 4) is 5.75 Å². The van der Waals surface area contributed by atoms with Gasteiger partial charge in [-0.3, -0.25) is 0 Å². The average Bonchev–Trinajstić information content (AvgIpc) is 2.52. The van der Waals surface area contributed by atoms with Crippen LogP contribution in [0.2, 0.25) is 5.15 Å². The SMILES string of the molecule is CO[NH+]1CC=Cc2nc(Cl)cc(OCc3ccccc3)c21. The van der Waals surface area contributed by atoms with E-state index in [0.29, 0.717) is 17.5 Å². The summed E-state index contributed by atoms with van der Waals surface area (Å²) in [5.74, 6) is 0.704. The number of fused-ring (bicyclic) bond motifs is 1. The number of pyridine rings is 1. The maximum atomic E-state index is 6.08. The van der Waals surface area contributed by atoms with E-state index in [9.17, 15) is 0 Å². The van der Waals surface area contributed by atoms with Gasteiger partial charge in [-0.15, -0.1) is 0 Å². The molecule has 1 unspecified atom stereocenters. The molecule has 0 fully saturated rings. The highest BCUT2D eigenvalue weighted by Gasteiger charge is 2.26. The Balaban J connectivity index is 1.91. The molecule has 4 nitrogen and oxygen atoms in total. The fraction of sp³-hybridized carbons (Fsp3) is 0.188. The van der Waals surface area contributed by atoms with E-state index >= 15 is 0 Å². The molecule has 0 aliphatic carbocycles. The molecular weight excluding hydrogens is 288 g/mol. The van der Waals surface area contributed by atoms with E-state index in [-0.39, 0.29) is 0 Å². The molecule has 2 heterocycles. The minimum absolute atomic E-state index is 0.416. The molecule has 0 bridgehead atoms. The van der Waals surface area contributed by atoms with Gasteiger partial charge in [-0.05, 0) is 17.7 Å². The number of hydroxylamine groups is 1. The van der Waals surface area contributed by atoms with E-state index in [2.05, 4.69) is 4.98 Å². The molecule has 3 rings (SSSR count). The molecule has 0 saturated carbocycles. The van der Waals surface area contributed by atoms with Crippen LogP contribution in [0.25, 0.3) is 6.08 Å². The van der Waals surface area contributed by atoms with Crippen molar-refractivity contribution in [2.24, 2.45) is 0 Å². The number of nitrogens with zero attached hydrogens (tertiary/aromatic N) is 1. The largest absolute Gasteiger partial charge is 0.482 e. The lowest BCUT2D eigenvalue weighted by Gasteiger charge is -2.21. The second-order valence-electron chi connectivity index (χ2n) is 4.71. The van der Waals surface area contributed by atoms with Gasteiger partial charge in [0.05, 0.1) is 7.11 Å². The average molecular weight is 304 g/mol. The molecule has 1 N–H and O–H groups in total. The Morgan fingerprint density at radius 1 is 1.29 bits per heavy atom. The molecule has 108 valence electrons. The zero-order valence-corrected chi connectivity index (χ0v) is 12.4. The Bertz CT molecular complexity index is 659. The summed E-state index contributed by atoms with van der Waals surface area (Å²) in [6.45, 7) is 1.21. The predicted octanol–water partition coefficient (Wildman–Crippen LogP) is 2.42. The number of quaternary nitrogens is 1. The summed E-state index contributed by atoms with van der Waals surface area (Å²) in [5, 5.41) is 1.26. The van der Waals surface area contributed by atoms with Gasteiger partial charge in [-0.25, -0.2) is 9.82 Å². The number of halogens is 1. The second-order valence-corrected chi connectivity index (χ2v) is 5.10. The quantitative estimate of drug-likeness (QED) is 0.881. The van der Waals surface area contributed by atoms with Crippen molar-refractivity contribution < 1.29 is 14.6 Å². The smallest absolute Gasteiger partial charge is 0.232 e. The van der Waals surface area contributed by atoms with Crippen LogP contribution in [0.4, 0.5) is 5.69 Å². The Hall–Kier alpha value is -1.88. The fourth-order valence-electron chi connectivity index (χ4n) is 2.32. The van der Waals surface area contributed by atoms with Crippen molar-refractivity contribution in [3.05, 3.63) is 58.9 Å². The Morgan fingerprint density at radius 2 is 2.10 bits per heavy atom. The van der Waals surface area contributed by atoms with Crippen LogP contribution in [0.15, 0.2) is 42.5 Å². The summed E-state index contributed by atoms with van der Waals surface area (Å²) in [4.78, 5) is 9.78. The topological polar surface area (TPSA) is 35.8 Å². The molecule has 1 aromatic heterocycles. The number of nitrogens with one attached hydrogen (secondary N) is 1. The van der Waals surface area contributed by atoms with Crippen LogP contribution in [0.5, 0.6) is 5.75 Å². The van der Waals surface area contributed by atoms with Gasteiger partial charge in [0.1, 0.15) is 24.0 Å². The van der Waals surface area contributed by atoms with Crippen LogP contribution in [-0.2, 0) is 11.4 Å². The van der Waals surface area contributed by atoms with Crippen molar-refractivity contribution in [1.82, 2.24) is 4.98 Å². The molecule has 2 aromatic rings. The predicted molar refractivity (Wildman–Crippen MR) is 81.6 cm³/mol. The molecule has 1 aliphatic heterocycles. The molecule has 0 radical (unpaired) electrons. The van der Waals surface area contributed by atoms with Crippen LogP contribution in [0, 0.1) is 0 Å². The highest BCUT2D eigenvalue weighted by atomic mass is 35.5. The van der Waals surface area contributed by atoms with E-state index in [1.807, 2.05) is 42.5 Å². The van der Waals surface area contributed by atoms with Gasteiger partial charge in [0.15, 0.2) is 5.75 Å². The third kappa shape index (κ3) is 3.08. The molecule has 1 aromatic carbocycles. The lowest BCUT2D eigenvalue weighted by molar-refractivity contribution is -1.03. The molecule has 5 heteroatoms. The summed E-state index contributed by atoms with van der Waals surface area (Å²) >= 11 is 6.08. The van der Waals surface area contributed by atoms with Crippen molar-refractivity contribution in [2.45, 2.75) is 6.61 Å². The third-order valence-corrected chi connectivity index (χ3v) is 3.51. The molecule has 21 heavy (non-hydrogen) atoms. The van der Waals surface area contributed by atoms with Crippen LogP contribution >= 0.6 is 11.6 Å². The fourth-order valence-corrected chi connectivity index (χ4v) is 2.52. The van der Waals surface area contributed by atoms with Gasteiger partial charge in [-0.2, -0.15) is 5.06 Å². The molecule has 0 spiro atoms. The van der Waals surface area contributed by atoms with Gasteiger partial charge in [0.2, 0.25) is 5.69 Å². The minimum Gasteiger partial charge on any atom is -0.482 e. The number of benzene rings is 1. The Labute approximate surface area is 128 Å². The van der Waals surface area contributed by atoms with E-state index in [1.165, 1.54) is 0 Å².